The molecule has 1 atom stereocenters. The predicted octanol–water partition coefficient (Wildman–Crippen LogP) is 2.01. The van der Waals surface area contributed by atoms with Crippen molar-refractivity contribution in [2.75, 3.05) is 19.8 Å². The molecule has 31 heavy (non-hydrogen) atoms. The number of amides is 1. The molecule has 1 N–H and O–H groups in total. The Kier molecular flexibility index (Phi) is 6.88. The van der Waals surface area contributed by atoms with Crippen molar-refractivity contribution < 1.29 is 32.6 Å². The molecule has 1 amide bonds. The second-order valence-corrected chi connectivity index (χ2v) is 7.48. The number of fused-ring (bicyclic) bond motifs is 1. The Balaban J connectivity index is 0.000000339. The number of alkyl halides is 3. The Morgan fingerprint density at radius 3 is 2.52 bits per heavy atom. The van der Waals surface area contributed by atoms with Gasteiger partial charge in [0.2, 0.25) is 0 Å². The number of carbonyl (C=O) groups is 2. The third-order valence-corrected chi connectivity index (χ3v) is 4.98. The van der Waals surface area contributed by atoms with E-state index >= 15 is 0 Å². The standard InChI is InChI=1S/C17H21N5O2.C2HF3O2/c1-21-16-14(7-20-21)8-22(17(23)13-4-5-18-19-6-13)9-15(16)11-24-10-12-2-3-12;3-2(4,5)1(6)7/h4-7,12,15H,2-3,8-11H2,1H3;(H,6,7). The molecule has 1 saturated carbocycles. The van der Waals surface area contributed by atoms with Crippen LogP contribution in [0.1, 0.15) is 40.4 Å². The average Bonchev–Trinajstić information content (AvgIpc) is 3.48. The van der Waals surface area contributed by atoms with Crippen LogP contribution in [-0.2, 0) is 23.1 Å². The van der Waals surface area contributed by atoms with Crippen LogP contribution in [0.2, 0.25) is 0 Å². The van der Waals surface area contributed by atoms with E-state index in [9.17, 15) is 18.0 Å². The highest BCUT2D eigenvalue weighted by Gasteiger charge is 2.38. The number of rotatable bonds is 5. The summed E-state index contributed by atoms with van der Waals surface area (Å²) in [5.41, 5.74) is 2.84. The first-order valence-electron chi connectivity index (χ1n) is 9.61. The van der Waals surface area contributed by atoms with E-state index in [-0.39, 0.29) is 11.8 Å². The lowest BCUT2D eigenvalue weighted by molar-refractivity contribution is -0.192. The highest BCUT2D eigenvalue weighted by atomic mass is 19.4. The van der Waals surface area contributed by atoms with Crippen LogP contribution in [0.25, 0.3) is 0 Å². The van der Waals surface area contributed by atoms with Crippen molar-refractivity contribution in [2.45, 2.75) is 31.5 Å². The Labute approximate surface area is 175 Å². The fourth-order valence-electron chi connectivity index (χ4n) is 3.31. The van der Waals surface area contributed by atoms with Gasteiger partial charge in [-0.3, -0.25) is 9.48 Å². The predicted molar refractivity (Wildman–Crippen MR) is 100.0 cm³/mol. The van der Waals surface area contributed by atoms with Crippen LogP contribution in [0.4, 0.5) is 13.2 Å². The van der Waals surface area contributed by atoms with Gasteiger partial charge < -0.3 is 14.7 Å². The van der Waals surface area contributed by atoms with E-state index in [1.807, 2.05) is 22.8 Å². The summed E-state index contributed by atoms with van der Waals surface area (Å²) in [6.45, 7) is 2.66. The van der Waals surface area contributed by atoms with Crippen LogP contribution < -0.4 is 0 Å². The average molecular weight is 441 g/mol. The summed E-state index contributed by atoms with van der Waals surface area (Å²) in [7, 11) is 1.96. The zero-order valence-electron chi connectivity index (χ0n) is 16.7. The van der Waals surface area contributed by atoms with Gasteiger partial charge in [-0.05, 0) is 24.8 Å². The minimum atomic E-state index is -5.08. The fraction of sp³-hybridized carbons (Fsp3) is 0.526. The Hall–Kier alpha value is -3.02. The molecule has 0 bridgehead atoms. The highest BCUT2D eigenvalue weighted by Crippen LogP contribution is 2.32. The molecule has 0 saturated heterocycles. The summed E-state index contributed by atoms with van der Waals surface area (Å²) < 4.78 is 39.6. The maximum absolute atomic E-state index is 12.7. The second-order valence-electron chi connectivity index (χ2n) is 7.48. The summed E-state index contributed by atoms with van der Waals surface area (Å²) in [6, 6.07) is 1.70. The molecule has 12 heteroatoms. The van der Waals surface area contributed by atoms with E-state index in [0.29, 0.717) is 25.3 Å². The number of carboxylic acids is 1. The van der Waals surface area contributed by atoms with Crippen molar-refractivity contribution in [2.24, 2.45) is 13.0 Å². The van der Waals surface area contributed by atoms with Crippen molar-refractivity contribution in [3.63, 3.8) is 0 Å². The van der Waals surface area contributed by atoms with Gasteiger partial charge in [0.05, 0.1) is 36.5 Å². The van der Waals surface area contributed by atoms with Gasteiger partial charge in [0.15, 0.2) is 0 Å². The quantitative estimate of drug-likeness (QED) is 0.756. The van der Waals surface area contributed by atoms with Crippen LogP contribution in [0.5, 0.6) is 0 Å². The summed E-state index contributed by atoms with van der Waals surface area (Å²) in [5.74, 6) is -1.89. The summed E-state index contributed by atoms with van der Waals surface area (Å²) in [4.78, 5) is 23.5. The molecule has 3 heterocycles. The number of nitrogens with zero attached hydrogens (tertiary/aromatic N) is 5. The maximum atomic E-state index is 12.7. The van der Waals surface area contributed by atoms with Crippen LogP contribution in [-0.4, -0.2) is 67.8 Å². The number of ether oxygens (including phenoxy) is 1. The smallest absolute Gasteiger partial charge is 0.475 e. The molecule has 9 nitrogen and oxygen atoms in total. The van der Waals surface area contributed by atoms with Gasteiger partial charge in [0, 0.05) is 38.2 Å². The number of carboxylic acid groups (broad SMARTS) is 1. The molecule has 2 aromatic rings. The first-order valence-corrected chi connectivity index (χ1v) is 9.61. The van der Waals surface area contributed by atoms with E-state index < -0.39 is 12.1 Å². The van der Waals surface area contributed by atoms with E-state index in [1.165, 1.54) is 24.7 Å². The number of carbonyl (C=O) groups excluding carboxylic acids is 1. The van der Waals surface area contributed by atoms with Gasteiger partial charge in [-0.2, -0.15) is 28.5 Å². The van der Waals surface area contributed by atoms with Crippen molar-refractivity contribution in [3.8, 4) is 0 Å². The van der Waals surface area contributed by atoms with Gasteiger partial charge in [0.1, 0.15) is 0 Å². The molecule has 4 rings (SSSR count). The van der Waals surface area contributed by atoms with Crippen LogP contribution in [0.15, 0.2) is 24.7 Å². The van der Waals surface area contributed by atoms with E-state index in [4.69, 9.17) is 14.6 Å². The van der Waals surface area contributed by atoms with Gasteiger partial charge in [-0.1, -0.05) is 0 Å². The number of aryl methyl sites for hydroxylation is 1. The molecular formula is C19H22F3N5O4. The molecule has 168 valence electrons. The molecule has 1 aliphatic heterocycles. The van der Waals surface area contributed by atoms with Crippen LogP contribution in [0, 0.1) is 5.92 Å². The first-order chi connectivity index (χ1) is 14.7. The van der Waals surface area contributed by atoms with Crippen LogP contribution >= 0.6 is 0 Å². The first kappa shape index (κ1) is 22.7. The Morgan fingerprint density at radius 1 is 1.23 bits per heavy atom. The largest absolute Gasteiger partial charge is 0.490 e. The summed E-state index contributed by atoms with van der Waals surface area (Å²) in [6.07, 6.45) is 2.39. The molecule has 0 radical (unpaired) electrons. The lowest BCUT2D eigenvalue weighted by atomic mass is 9.96. The Morgan fingerprint density at radius 2 is 1.94 bits per heavy atom. The van der Waals surface area contributed by atoms with Gasteiger partial charge in [-0.15, -0.1) is 0 Å². The zero-order chi connectivity index (χ0) is 22.6. The van der Waals surface area contributed by atoms with E-state index in [0.717, 1.165) is 18.1 Å². The maximum Gasteiger partial charge on any atom is 0.490 e. The fourth-order valence-corrected chi connectivity index (χ4v) is 3.31. The summed E-state index contributed by atoms with van der Waals surface area (Å²) >= 11 is 0. The van der Waals surface area contributed by atoms with Crippen molar-refractivity contribution in [1.82, 2.24) is 24.9 Å². The van der Waals surface area contributed by atoms with Crippen LogP contribution in [0.3, 0.4) is 0 Å². The molecule has 2 aliphatic rings. The number of halogens is 3. The molecule has 1 aliphatic carbocycles. The number of aliphatic carboxylic acids is 1. The zero-order valence-corrected chi connectivity index (χ0v) is 16.7. The highest BCUT2D eigenvalue weighted by molar-refractivity contribution is 5.94. The van der Waals surface area contributed by atoms with E-state index in [1.54, 1.807) is 12.3 Å². The molecule has 0 spiro atoms. The molecule has 2 aromatic heterocycles. The SMILES string of the molecule is Cn1ncc2c1C(COCC1CC1)CN(C(=O)c1ccnnc1)C2.O=C(O)C(F)(F)F. The number of hydrogen-bond acceptors (Lipinski definition) is 6. The monoisotopic (exact) mass is 441 g/mol. The minimum absolute atomic E-state index is 0.0217. The lowest BCUT2D eigenvalue weighted by Crippen LogP contribution is -2.40. The topological polar surface area (TPSA) is 110 Å². The van der Waals surface area contributed by atoms with Gasteiger partial charge in [0.25, 0.3) is 5.91 Å². The normalized spacial score (nSPS) is 18.1. The van der Waals surface area contributed by atoms with Gasteiger partial charge in [-0.25, -0.2) is 4.79 Å². The molecule has 1 unspecified atom stereocenters. The Bertz CT molecular complexity index is 915. The van der Waals surface area contributed by atoms with Gasteiger partial charge >= 0.3 is 12.1 Å². The van der Waals surface area contributed by atoms with E-state index in [2.05, 4.69) is 15.3 Å². The minimum Gasteiger partial charge on any atom is -0.475 e. The third kappa shape index (κ3) is 6.00. The third-order valence-electron chi connectivity index (χ3n) is 4.98. The van der Waals surface area contributed by atoms with Crippen molar-refractivity contribution >= 4 is 11.9 Å². The van der Waals surface area contributed by atoms with Crippen molar-refractivity contribution in [3.05, 3.63) is 41.5 Å². The molecule has 1 fully saturated rings. The molecule has 0 aromatic carbocycles. The number of aromatic nitrogens is 4. The van der Waals surface area contributed by atoms with Crippen molar-refractivity contribution in [1.29, 1.82) is 0 Å². The molecular weight excluding hydrogens is 419 g/mol. The lowest BCUT2D eigenvalue weighted by Gasteiger charge is -2.33. The number of hydrogen-bond donors (Lipinski definition) is 1. The second kappa shape index (κ2) is 9.41. The summed E-state index contributed by atoms with van der Waals surface area (Å²) in [5, 5.41) is 19.0.